The maximum atomic E-state index is 9.21. The summed E-state index contributed by atoms with van der Waals surface area (Å²) in [5, 5.41) is 0. The molecule has 0 aromatic heterocycles. The summed E-state index contributed by atoms with van der Waals surface area (Å²) in [6.45, 7) is 1.22. The van der Waals surface area contributed by atoms with E-state index in [1.165, 1.54) is 6.47 Å². The van der Waals surface area contributed by atoms with Crippen molar-refractivity contribution < 1.29 is 9.53 Å². The van der Waals surface area contributed by atoms with Crippen molar-refractivity contribution in [2.75, 3.05) is 0 Å². The molecule has 0 saturated heterocycles. The normalized spacial score (nSPS) is 8.50. The molecule has 0 fully saturated rings. The molecule has 0 aliphatic heterocycles. The lowest BCUT2D eigenvalue weighted by atomic mass is 11.5. The molecular formula is C2HBr2O2. The Balaban J connectivity index is 2.81. The third-order valence-electron chi connectivity index (χ3n) is 0.137. The second-order valence-corrected chi connectivity index (χ2v) is 3.35. The first kappa shape index (κ1) is 6.43. The monoisotopic (exact) mass is 215 g/mol. The summed E-state index contributed by atoms with van der Waals surface area (Å²) in [7, 11) is 0. The van der Waals surface area contributed by atoms with Crippen molar-refractivity contribution in [2.45, 2.75) is 3.92 Å². The highest BCUT2D eigenvalue weighted by Gasteiger charge is 1.90. The lowest BCUT2D eigenvalue weighted by molar-refractivity contribution is 0.324. The van der Waals surface area contributed by atoms with Gasteiger partial charge in [0.25, 0.3) is 0 Å². The highest BCUT2D eigenvalue weighted by molar-refractivity contribution is 9.24. The van der Waals surface area contributed by atoms with Crippen LogP contribution < -0.4 is 0 Å². The third-order valence-corrected chi connectivity index (χ3v) is 0.511. The van der Waals surface area contributed by atoms with Gasteiger partial charge in [-0.2, -0.15) is 0 Å². The summed E-state index contributed by atoms with van der Waals surface area (Å²) in [6, 6.07) is 0. The Hall–Kier alpha value is 0.430. The Morgan fingerprint density at radius 2 is 2.17 bits per heavy atom. The van der Waals surface area contributed by atoms with Gasteiger partial charge in [-0.05, 0) is 31.9 Å². The van der Waals surface area contributed by atoms with E-state index in [0.717, 1.165) is 0 Å². The van der Waals surface area contributed by atoms with Crippen LogP contribution in [0.15, 0.2) is 0 Å². The summed E-state index contributed by atoms with van der Waals surface area (Å²) in [5.41, 5.74) is 0. The molecule has 4 heteroatoms. The highest BCUT2D eigenvalue weighted by Crippen LogP contribution is 2.06. The van der Waals surface area contributed by atoms with E-state index >= 15 is 0 Å². The van der Waals surface area contributed by atoms with Crippen LogP contribution in [0.25, 0.3) is 0 Å². The zero-order valence-corrected chi connectivity index (χ0v) is 5.82. The number of hydrogen-bond acceptors (Lipinski definition) is 2. The molecular weight excluding hydrogens is 216 g/mol. The average molecular weight is 217 g/mol. The zero-order chi connectivity index (χ0) is 4.99. The van der Waals surface area contributed by atoms with Gasteiger partial charge in [0.1, 0.15) is 0 Å². The first-order chi connectivity index (χ1) is 2.77. The van der Waals surface area contributed by atoms with Gasteiger partial charge in [-0.15, -0.1) is 0 Å². The number of rotatable bonds is 2. The predicted octanol–water partition coefficient (Wildman–Crippen LogP) is 1.14. The topological polar surface area (TPSA) is 26.3 Å². The standard InChI is InChI=1S/C2HBr2O2/c3-2(4)6-1-5/h2H. The molecule has 0 aliphatic carbocycles. The van der Waals surface area contributed by atoms with Crippen LogP contribution in [0.4, 0.5) is 0 Å². The van der Waals surface area contributed by atoms with Crippen molar-refractivity contribution >= 4 is 38.3 Å². The van der Waals surface area contributed by atoms with Gasteiger partial charge in [0, 0.05) is 0 Å². The molecule has 0 N–H and O–H groups in total. The second kappa shape index (κ2) is 3.61. The van der Waals surface area contributed by atoms with Crippen LogP contribution in [0, 0.1) is 0 Å². The van der Waals surface area contributed by atoms with E-state index in [-0.39, 0.29) is 0 Å². The maximum absolute atomic E-state index is 9.21. The van der Waals surface area contributed by atoms with Crippen molar-refractivity contribution in [3.8, 4) is 0 Å². The van der Waals surface area contributed by atoms with Crippen LogP contribution in [0.2, 0.25) is 0 Å². The van der Waals surface area contributed by atoms with Gasteiger partial charge >= 0.3 is 6.47 Å². The van der Waals surface area contributed by atoms with E-state index in [2.05, 4.69) is 36.6 Å². The summed E-state index contributed by atoms with van der Waals surface area (Å²) < 4.78 is 3.67. The minimum atomic E-state index is -0.400. The Morgan fingerprint density at radius 3 is 2.17 bits per heavy atom. The summed E-state index contributed by atoms with van der Waals surface area (Å²) >= 11 is 5.73. The molecule has 2 nitrogen and oxygen atoms in total. The van der Waals surface area contributed by atoms with Crippen LogP contribution in [0.3, 0.4) is 0 Å². The fraction of sp³-hybridized carbons (Fsp3) is 0.500. The number of ether oxygens (including phenoxy) is 1. The number of hydrogen-bond donors (Lipinski definition) is 0. The molecule has 0 atom stereocenters. The Bertz CT molecular complexity index is 44.8. The second-order valence-electron chi connectivity index (χ2n) is 0.462. The van der Waals surface area contributed by atoms with Crippen molar-refractivity contribution in [2.24, 2.45) is 0 Å². The van der Waals surface area contributed by atoms with E-state index in [1.807, 2.05) is 0 Å². The predicted molar refractivity (Wildman–Crippen MR) is 28.4 cm³/mol. The number of halogens is 2. The highest BCUT2D eigenvalue weighted by atomic mass is 79.9. The third kappa shape index (κ3) is 4.43. The first-order valence-corrected chi connectivity index (χ1v) is 2.91. The number of carbonyl (C=O) groups excluding carboxylic acids is 1. The molecule has 0 aromatic rings. The molecule has 0 spiro atoms. The van der Waals surface area contributed by atoms with E-state index in [4.69, 9.17) is 0 Å². The van der Waals surface area contributed by atoms with Crippen LogP contribution in [0.5, 0.6) is 0 Å². The molecule has 6 heavy (non-hydrogen) atoms. The first-order valence-electron chi connectivity index (χ1n) is 1.08. The smallest absolute Gasteiger partial charge is 0.419 e. The molecule has 35 valence electrons. The van der Waals surface area contributed by atoms with Crippen molar-refractivity contribution in [3.63, 3.8) is 0 Å². The lowest BCUT2D eigenvalue weighted by Gasteiger charge is -1.89. The zero-order valence-electron chi connectivity index (χ0n) is 2.65. The Morgan fingerprint density at radius 1 is 1.67 bits per heavy atom. The number of alkyl halides is 2. The molecule has 1 radical (unpaired) electrons. The van der Waals surface area contributed by atoms with Crippen molar-refractivity contribution in [1.82, 2.24) is 0 Å². The van der Waals surface area contributed by atoms with E-state index in [9.17, 15) is 4.79 Å². The molecule has 0 aromatic carbocycles. The molecule has 0 unspecified atom stereocenters. The molecule has 0 amide bonds. The quantitative estimate of drug-likeness (QED) is 0.648. The Labute approximate surface area is 52.1 Å². The minimum absolute atomic E-state index is 0.400. The fourth-order valence-corrected chi connectivity index (χ4v) is 0.189. The van der Waals surface area contributed by atoms with Crippen LogP contribution >= 0.6 is 31.9 Å². The molecule has 0 rings (SSSR count). The van der Waals surface area contributed by atoms with Gasteiger partial charge in [-0.1, -0.05) is 0 Å². The van der Waals surface area contributed by atoms with Crippen molar-refractivity contribution in [1.29, 1.82) is 0 Å². The average Bonchev–Trinajstić information content (AvgIpc) is 1.35. The van der Waals surface area contributed by atoms with Gasteiger partial charge in [0.2, 0.25) is 3.92 Å². The maximum Gasteiger partial charge on any atom is 0.419 e. The Kier molecular flexibility index (Phi) is 3.87. The summed E-state index contributed by atoms with van der Waals surface area (Å²) in [5.74, 6) is 0. The molecule has 0 saturated carbocycles. The van der Waals surface area contributed by atoms with Crippen LogP contribution in [-0.4, -0.2) is 10.4 Å². The van der Waals surface area contributed by atoms with Crippen molar-refractivity contribution in [3.05, 3.63) is 0 Å². The van der Waals surface area contributed by atoms with Crippen LogP contribution in [0.1, 0.15) is 0 Å². The van der Waals surface area contributed by atoms with Gasteiger partial charge < -0.3 is 4.74 Å². The van der Waals surface area contributed by atoms with Gasteiger partial charge in [0.05, 0.1) is 0 Å². The summed E-state index contributed by atoms with van der Waals surface area (Å²) in [6.07, 6.45) is 0. The molecule has 0 aliphatic rings. The fourth-order valence-electron chi connectivity index (χ4n) is 0.0364. The van der Waals surface area contributed by atoms with Gasteiger partial charge in [-0.3, -0.25) is 0 Å². The minimum Gasteiger partial charge on any atom is -0.431 e. The summed E-state index contributed by atoms with van der Waals surface area (Å²) in [4.78, 5) is 9.21. The van der Waals surface area contributed by atoms with E-state index < -0.39 is 3.92 Å². The lowest BCUT2D eigenvalue weighted by Crippen LogP contribution is -1.88. The van der Waals surface area contributed by atoms with Gasteiger partial charge in [0.15, 0.2) is 0 Å². The largest absolute Gasteiger partial charge is 0.431 e. The molecule has 0 bridgehead atoms. The van der Waals surface area contributed by atoms with E-state index in [0.29, 0.717) is 0 Å². The van der Waals surface area contributed by atoms with E-state index in [1.54, 1.807) is 0 Å². The SMILES string of the molecule is O=[C]OC(Br)Br. The van der Waals surface area contributed by atoms with Crippen LogP contribution in [-0.2, 0) is 9.53 Å². The van der Waals surface area contributed by atoms with Gasteiger partial charge in [-0.25, -0.2) is 4.79 Å². The molecule has 0 heterocycles.